The molecule has 8 heteroatoms. The number of amides is 1. The first-order chi connectivity index (χ1) is 14.4. The minimum Gasteiger partial charge on any atom is -0.365 e. The van der Waals surface area contributed by atoms with Gasteiger partial charge in [0.15, 0.2) is 0 Å². The Hall–Kier alpha value is -3.26. The number of aromatic nitrogens is 3. The number of carbonyl (C=O) groups is 1. The van der Waals surface area contributed by atoms with Crippen LogP contribution < -0.4 is 15.8 Å². The molecule has 4 rings (SSSR count). The van der Waals surface area contributed by atoms with Crippen LogP contribution in [0.15, 0.2) is 41.5 Å². The van der Waals surface area contributed by atoms with Gasteiger partial charge in [-0.1, -0.05) is 0 Å². The third-order valence-electron chi connectivity index (χ3n) is 5.59. The molecule has 8 nitrogen and oxygen atoms in total. The minimum atomic E-state index is -0.181. The third-order valence-corrected chi connectivity index (χ3v) is 5.59. The molecular formula is C22H26N6O2. The first kappa shape index (κ1) is 20.0. The van der Waals surface area contributed by atoms with Gasteiger partial charge in [0.05, 0.1) is 22.9 Å². The van der Waals surface area contributed by atoms with E-state index in [1.54, 1.807) is 26.2 Å². The second-order valence-electron chi connectivity index (χ2n) is 7.82. The molecule has 30 heavy (non-hydrogen) atoms. The lowest BCUT2D eigenvalue weighted by Crippen LogP contribution is -2.51. The Bertz CT molecular complexity index is 1120. The highest BCUT2D eigenvalue weighted by Crippen LogP contribution is 2.21. The maximum atomic E-state index is 11.9. The maximum absolute atomic E-state index is 11.9. The van der Waals surface area contributed by atoms with Crippen LogP contribution in [0.3, 0.4) is 0 Å². The normalized spacial score (nSPS) is 17.3. The van der Waals surface area contributed by atoms with Gasteiger partial charge in [-0.2, -0.15) is 0 Å². The second-order valence-corrected chi connectivity index (χ2v) is 7.82. The van der Waals surface area contributed by atoms with E-state index < -0.39 is 0 Å². The zero-order valence-corrected chi connectivity index (χ0v) is 17.5. The number of carbonyl (C=O) groups excluding carboxylic acids is 1. The molecule has 156 valence electrons. The summed E-state index contributed by atoms with van der Waals surface area (Å²) in [6.07, 6.45) is 3.65. The van der Waals surface area contributed by atoms with E-state index in [1.807, 2.05) is 24.4 Å². The largest absolute Gasteiger partial charge is 0.365 e. The molecule has 0 spiro atoms. The zero-order valence-electron chi connectivity index (χ0n) is 17.5. The summed E-state index contributed by atoms with van der Waals surface area (Å²) in [4.78, 5) is 40.0. The summed E-state index contributed by atoms with van der Waals surface area (Å²) in [6, 6.07) is 7.86. The number of rotatable bonds is 4. The molecule has 1 aliphatic heterocycles. The van der Waals surface area contributed by atoms with Gasteiger partial charge in [-0.15, -0.1) is 0 Å². The Balaban J connectivity index is 1.43. The second kappa shape index (κ2) is 8.23. The summed E-state index contributed by atoms with van der Waals surface area (Å²) in [5.74, 6) is -0.181. The summed E-state index contributed by atoms with van der Waals surface area (Å²) >= 11 is 0. The van der Waals surface area contributed by atoms with E-state index in [0.29, 0.717) is 17.3 Å². The van der Waals surface area contributed by atoms with Crippen molar-refractivity contribution in [2.45, 2.75) is 26.4 Å². The number of piperazine rings is 1. The number of fused-ring (bicyclic) bond motifs is 1. The molecule has 1 saturated heterocycles. The number of nitrogens with zero attached hydrogens (tertiary/aromatic N) is 4. The van der Waals surface area contributed by atoms with Crippen molar-refractivity contribution in [2.24, 2.45) is 0 Å². The number of nitrogens with one attached hydrogen (secondary N) is 2. The van der Waals surface area contributed by atoms with Crippen molar-refractivity contribution < 1.29 is 4.79 Å². The van der Waals surface area contributed by atoms with E-state index in [4.69, 9.17) is 0 Å². The minimum absolute atomic E-state index is 0.0697. The SMILES string of the molecule is CNC(=O)c1ccc(N2CCN(Cc3cnc4cc(C)c(=O)[nH]c4c3)C[C@H]2C)cn1. The van der Waals surface area contributed by atoms with Crippen LogP contribution in [0.4, 0.5) is 5.69 Å². The lowest BCUT2D eigenvalue weighted by Gasteiger charge is -2.41. The first-order valence-corrected chi connectivity index (χ1v) is 10.1. The molecule has 2 N–H and O–H groups in total. The van der Waals surface area contributed by atoms with Crippen molar-refractivity contribution in [1.82, 2.24) is 25.2 Å². The van der Waals surface area contributed by atoms with Crippen molar-refractivity contribution >= 4 is 22.6 Å². The van der Waals surface area contributed by atoms with E-state index in [9.17, 15) is 9.59 Å². The van der Waals surface area contributed by atoms with Crippen molar-refractivity contribution in [3.63, 3.8) is 0 Å². The molecule has 3 aromatic heterocycles. The number of hydrogen-bond acceptors (Lipinski definition) is 6. The van der Waals surface area contributed by atoms with Gasteiger partial charge < -0.3 is 15.2 Å². The summed E-state index contributed by atoms with van der Waals surface area (Å²) in [7, 11) is 1.60. The monoisotopic (exact) mass is 406 g/mol. The highest BCUT2D eigenvalue weighted by molar-refractivity contribution is 5.92. The third kappa shape index (κ3) is 4.04. The van der Waals surface area contributed by atoms with Gasteiger partial charge in [-0.05, 0) is 43.7 Å². The van der Waals surface area contributed by atoms with E-state index in [2.05, 4.69) is 37.0 Å². The molecule has 3 aromatic rings. The lowest BCUT2D eigenvalue weighted by atomic mass is 10.1. The fourth-order valence-electron chi connectivity index (χ4n) is 3.95. The van der Waals surface area contributed by atoms with Gasteiger partial charge in [0, 0.05) is 51.0 Å². The average Bonchev–Trinajstić information content (AvgIpc) is 2.74. The van der Waals surface area contributed by atoms with E-state index >= 15 is 0 Å². The van der Waals surface area contributed by atoms with Crippen LogP contribution in [0.25, 0.3) is 11.0 Å². The highest BCUT2D eigenvalue weighted by Gasteiger charge is 2.24. The molecular weight excluding hydrogens is 380 g/mol. The maximum Gasteiger partial charge on any atom is 0.269 e. The number of aromatic amines is 1. The fourth-order valence-corrected chi connectivity index (χ4v) is 3.95. The summed E-state index contributed by atoms with van der Waals surface area (Å²) in [5.41, 5.74) is 4.71. The molecule has 1 atom stereocenters. The van der Waals surface area contributed by atoms with E-state index in [0.717, 1.165) is 48.5 Å². The van der Waals surface area contributed by atoms with Gasteiger partial charge >= 0.3 is 0 Å². The highest BCUT2D eigenvalue weighted by atomic mass is 16.1. The summed E-state index contributed by atoms with van der Waals surface area (Å²) in [5, 5.41) is 2.59. The van der Waals surface area contributed by atoms with Crippen LogP contribution in [-0.4, -0.2) is 58.5 Å². The Labute approximate surface area is 175 Å². The quantitative estimate of drug-likeness (QED) is 0.685. The smallest absolute Gasteiger partial charge is 0.269 e. The topological polar surface area (TPSA) is 94.2 Å². The number of anilines is 1. The van der Waals surface area contributed by atoms with Crippen LogP contribution in [0.5, 0.6) is 0 Å². The first-order valence-electron chi connectivity index (χ1n) is 10.1. The van der Waals surface area contributed by atoms with E-state index in [-0.39, 0.29) is 11.5 Å². The van der Waals surface area contributed by atoms with Crippen LogP contribution in [-0.2, 0) is 6.54 Å². The van der Waals surface area contributed by atoms with Gasteiger partial charge in [0.25, 0.3) is 11.5 Å². The molecule has 0 aliphatic carbocycles. The molecule has 0 unspecified atom stereocenters. The summed E-state index contributed by atoms with van der Waals surface area (Å²) < 4.78 is 0. The number of hydrogen-bond donors (Lipinski definition) is 2. The van der Waals surface area contributed by atoms with Gasteiger partial charge in [0.1, 0.15) is 5.69 Å². The van der Waals surface area contributed by atoms with Crippen LogP contribution in [0.1, 0.15) is 28.5 Å². The Morgan fingerprint density at radius 2 is 2.07 bits per heavy atom. The molecule has 1 fully saturated rings. The Morgan fingerprint density at radius 3 is 2.77 bits per heavy atom. The molecule has 0 radical (unpaired) electrons. The molecule has 4 heterocycles. The number of H-pyrrole nitrogens is 1. The van der Waals surface area contributed by atoms with Gasteiger partial charge in [-0.25, -0.2) is 4.98 Å². The Morgan fingerprint density at radius 1 is 1.23 bits per heavy atom. The van der Waals surface area contributed by atoms with Crippen molar-refractivity contribution in [1.29, 1.82) is 0 Å². The molecule has 0 saturated carbocycles. The lowest BCUT2D eigenvalue weighted by molar-refractivity contribution is 0.0958. The van der Waals surface area contributed by atoms with Crippen LogP contribution in [0, 0.1) is 6.92 Å². The van der Waals surface area contributed by atoms with Crippen LogP contribution >= 0.6 is 0 Å². The van der Waals surface area contributed by atoms with Crippen LogP contribution in [0.2, 0.25) is 0 Å². The predicted molar refractivity (Wildman–Crippen MR) is 117 cm³/mol. The van der Waals surface area contributed by atoms with Crippen molar-refractivity contribution in [2.75, 3.05) is 31.6 Å². The summed E-state index contributed by atoms with van der Waals surface area (Å²) in [6.45, 7) is 7.45. The number of aryl methyl sites for hydroxylation is 1. The standard InChI is InChI=1S/C22H26N6O2/c1-14-8-19-20(26-21(14)29)9-16(10-24-19)13-27-6-7-28(15(2)12-27)17-4-5-18(25-11-17)22(30)23-3/h4-5,8-11,15H,6-7,12-13H2,1-3H3,(H,23,30)(H,26,29)/t15-/m1/s1. The van der Waals surface area contributed by atoms with Gasteiger partial charge in [0.2, 0.25) is 0 Å². The zero-order chi connectivity index (χ0) is 21.3. The Kier molecular flexibility index (Phi) is 5.50. The molecule has 0 aromatic carbocycles. The molecule has 1 amide bonds. The predicted octanol–water partition coefficient (Wildman–Crippen LogP) is 1.70. The average molecular weight is 406 g/mol. The van der Waals surface area contributed by atoms with E-state index in [1.165, 1.54) is 0 Å². The molecule has 0 bridgehead atoms. The van der Waals surface area contributed by atoms with Crippen molar-refractivity contribution in [3.05, 3.63) is 63.8 Å². The van der Waals surface area contributed by atoms with Crippen molar-refractivity contribution in [3.8, 4) is 0 Å². The number of pyridine rings is 3. The fraction of sp³-hybridized carbons (Fsp3) is 0.364. The van der Waals surface area contributed by atoms with Gasteiger partial charge in [-0.3, -0.25) is 19.5 Å². The molecule has 1 aliphatic rings.